The highest BCUT2D eigenvalue weighted by Crippen LogP contribution is 2.39. The SMILES string of the molecule is COc1cc(NC(=O)CNc2ccc(Cl)cc2C)cc(OC)c1OC. The van der Waals surface area contributed by atoms with Crippen molar-refractivity contribution in [2.45, 2.75) is 6.92 Å². The molecule has 2 rings (SSSR count). The van der Waals surface area contributed by atoms with Crippen LogP contribution in [0.25, 0.3) is 0 Å². The molecule has 0 aliphatic rings. The van der Waals surface area contributed by atoms with E-state index >= 15 is 0 Å². The Morgan fingerprint density at radius 1 is 1.04 bits per heavy atom. The monoisotopic (exact) mass is 364 g/mol. The molecule has 0 radical (unpaired) electrons. The fourth-order valence-corrected chi connectivity index (χ4v) is 2.59. The first-order chi connectivity index (χ1) is 12.0. The zero-order valence-electron chi connectivity index (χ0n) is 14.6. The van der Waals surface area contributed by atoms with E-state index in [4.69, 9.17) is 25.8 Å². The fraction of sp³-hybridized carbons (Fsp3) is 0.278. The van der Waals surface area contributed by atoms with Gasteiger partial charge < -0.3 is 24.8 Å². The molecule has 0 aliphatic heterocycles. The first-order valence-corrected chi connectivity index (χ1v) is 7.96. The van der Waals surface area contributed by atoms with Gasteiger partial charge in [-0.3, -0.25) is 4.79 Å². The first kappa shape index (κ1) is 18.7. The quantitative estimate of drug-likeness (QED) is 0.783. The molecule has 6 nitrogen and oxygen atoms in total. The van der Waals surface area contributed by atoms with Gasteiger partial charge in [-0.15, -0.1) is 0 Å². The predicted octanol–water partition coefficient (Wildman–Crippen LogP) is 3.72. The second-order valence-electron chi connectivity index (χ2n) is 5.27. The summed E-state index contributed by atoms with van der Waals surface area (Å²) in [6.45, 7) is 2.03. The van der Waals surface area contributed by atoms with Crippen molar-refractivity contribution in [2.24, 2.45) is 0 Å². The number of benzene rings is 2. The number of ether oxygens (including phenoxy) is 3. The molecular weight excluding hydrogens is 344 g/mol. The van der Waals surface area contributed by atoms with E-state index in [1.807, 2.05) is 19.1 Å². The summed E-state index contributed by atoms with van der Waals surface area (Å²) >= 11 is 5.93. The third-order valence-corrected chi connectivity index (χ3v) is 3.81. The van der Waals surface area contributed by atoms with Gasteiger partial charge in [0.25, 0.3) is 0 Å². The van der Waals surface area contributed by atoms with Crippen LogP contribution in [-0.2, 0) is 4.79 Å². The zero-order chi connectivity index (χ0) is 18.4. The predicted molar refractivity (Wildman–Crippen MR) is 99.4 cm³/mol. The Kier molecular flexibility index (Phi) is 6.36. The zero-order valence-corrected chi connectivity index (χ0v) is 15.4. The van der Waals surface area contributed by atoms with Crippen molar-refractivity contribution in [3.8, 4) is 17.2 Å². The van der Waals surface area contributed by atoms with E-state index in [2.05, 4.69) is 10.6 Å². The molecule has 7 heteroatoms. The van der Waals surface area contributed by atoms with Gasteiger partial charge in [0.15, 0.2) is 11.5 Å². The Labute approximate surface area is 152 Å². The van der Waals surface area contributed by atoms with Gasteiger partial charge in [-0.1, -0.05) is 11.6 Å². The van der Waals surface area contributed by atoms with Crippen LogP contribution >= 0.6 is 11.6 Å². The molecule has 0 heterocycles. The maximum absolute atomic E-state index is 12.2. The van der Waals surface area contributed by atoms with Gasteiger partial charge >= 0.3 is 0 Å². The number of rotatable bonds is 7. The smallest absolute Gasteiger partial charge is 0.243 e. The number of hydrogen-bond acceptors (Lipinski definition) is 5. The molecule has 0 bridgehead atoms. The van der Waals surface area contributed by atoms with Crippen LogP contribution < -0.4 is 24.8 Å². The number of carbonyl (C=O) groups excluding carboxylic acids is 1. The molecule has 0 aliphatic carbocycles. The maximum Gasteiger partial charge on any atom is 0.243 e. The van der Waals surface area contributed by atoms with Crippen LogP contribution in [0.3, 0.4) is 0 Å². The normalized spacial score (nSPS) is 10.1. The van der Waals surface area contributed by atoms with E-state index in [1.54, 1.807) is 18.2 Å². The van der Waals surface area contributed by atoms with E-state index in [0.717, 1.165) is 11.3 Å². The van der Waals surface area contributed by atoms with Crippen LogP contribution in [0.1, 0.15) is 5.56 Å². The Balaban J connectivity index is 2.07. The molecule has 2 aromatic rings. The highest BCUT2D eigenvalue weighted by atomic mass is 35.5. The van der Waals surface area contributed by atoms with Gasteiger partial charge in [-0.05, 0) is 30.7 Å². The molecule has 25 heavy (non-hydrogen) atoms. The number of halogens is 1. The first-order valence-electron chi connectivity index (χ1n) is 7.58. The molecular formula is C18H21ClN2O4. The lowest BCUT2D eigenvalue weighted by molar-refractivity contribution is -0.114. The number of hydrogen-bond donors (Lipinski definition) is 2. The minimum absolute atomic E-state index is 0.110. The third kappa shape index (κ3) is 4.70. The maximum atomic E-state index is 12.2. The van der Waals surface area contributed by atoms with Crippen molar-refractivity contribution in [3.05, 3.63) is 40.9 Å². The van der Waals surface area contributed by atoms with Gasteiger partial charge in [0.05, 0.1) is 27.9 Å². The van der Waals surface area contributed by atoms with Crippen LogP contribution in [0.5, 0.6) is 17.2 Å². The molecule has 0 fully saturated rings. The average molecular weight is 365 g/mol. The van der Waals surface area contributed by atoms with Crippen LogP contribution in [-0.4, -0.2) is 33.8 Å². The number of anilines is 2. The van der Waals surface area contributed by atoms with Crippen LogP contribution in [0.15, 0.2) is 30.3 Å². The van der Waals surface area contributed by atoms with E-state index in [-0.39, 0.29) is 12.5 Å². The Hall–Kier alpha value is -2.60. The lowest BCUT2D eigenvalue weighted by Crippen LogP contribution is -2.22. The van der Waals surface area contributed by atoms with Crippen LogP contribution in [0.4, 0.5) is 11.4 Å². The van der Waals surface area contributed by atoms with Crippen molar-refractivity contribution >= 4 is 28.9 Å². The lowest BCUT2D eigenvalue weighted by atomic mass is 10.2. The molecule has 0 saturated carbocycles. The summed E-state index contributed by atoms with van der Waals surface area (Å²) in [6, 6.07) is 8.79. The fourth-order valence-electron chi connectivity index (χ4n) is 2.36. The largest absolute Gasteiger partial charge is 0.493 e. The van der Waals surface area contributed by atoms with Gasteiger partial charge in [-0.25, -0.2) is 0 Å². The molecule has 1 amide bonds. The molecule has 134 valence electrons. The van der Waals surface area contributed by atoms with E-state index < -0.39 is 0 Å². The van der Waals surface area contributed by atoms with E-state index in [9.17, 15) is 4.79 Å². The molecule has 0 unspecified atom stereocenters. The van der Waals surface area contributed by atoms with Gasteiger partial charge in [0.1, 0.15) is 0 Å². The second-order valence-corrected chi connectivity index (χ2v) is 5.71. The minimum Gasteiger partial charge on any atom is -0.493 e. The standard InChI is InChI=1S/C18H21ClN2O4/c1-11-7-12(19)5-6-14(11)20-10-17(22)21-13-8-15(23-2)18(25-4)16(9-13)24-3/h5-9,20H,10H2,1-4H3,(H,21,22). The van der Waals surface area contributed by atoms with Crippen molar-refractivity contribution in [1.29, 1.82) is 0 Å². The summed E-state index contributed by atoms with van der Waals surface area (Å²) in [6.07, 6.45) is 0. The van der Waals surface area contributed by atoms with Gasteiger partial charge in [0, 0.05) is 28.5 Å². The van der Waals surface area contributed by atoms with Crippen molar-refractivity contribution in [2.75, 3.05) is 38.5 Å². The van der Waals surface area contributed by atoms with Crippen molar-refractivity contribution in [1.82, 2.24) is 0 Å². The van der Waals surface area contributed by atoms with Crippen LogP contribution in [0, 0.1) is 6.92 Å². The molecule has 2 aromatic carbocycles. The van der Waals surface area contributed by atoms with Crippen LogP contribution in [0.2, 0.25) is 5.02 Å². The second kappa shape index (κ2) is 8.48. The number of aryl methyl sites for hydroxylation is 1. The molecule has 2 N–H and O–H groups in total. The number of amides is 1. The van der Waals surface area contributed by atoms with Crippen molar-refractivity contribution in [3.63, 3.8) is 0 Å². The molecule has 0 saturated heterocycles. The van der Waals surface area contributed by atoms with Gasteiger partial charge in [0.2, 0.25) is 11.7 Å². The summed E-state index contributed by atoms with van der Waals surface area (Å²) in [5, 5.41) is 6.54. The Bertz CT molecular complexity index is 740. The summed E-state index contributed by atoms with van der Waals surface area (Å²) < 4.78 is 15.8. The Morgan fingerprint density at radius 3 is 2.20 bits per heavy atom. The lowest BCUT2D eigenvalue weighted by Gasteiger charge is -2.15. The minimum atomic E-state index is -0.205. The number of methoxy groups -OCH3 is 3. The Morgan fingerprint density at radius 2 is 1.68 bits per heavy atom. The average Bonchev–Trinajstić information content (AvgIpc) is 2.60. The van der Waals surface area contributed by atoms with E-state index in [1.165, 1.54) is 21.3 Å². The van der Waals surface area contributed by atoms with E-state index in [0.29, 0.717) is 28.0 Å². The summed E-state index contributed by atoms with van der Waals surface area (Å²) in [4.78, 5) is 12.2. The molecule has 0 aromatic heterocycles. The topological polar surface area (TPSA) is 68.8 Å². The number of nitrogens with one attached hydrogen (secondary N) is 2. The molecule has 0 spiro atoms. The van der Waals surface area contributed by atoms with Gasteiger partial charge in [-0.2, -0.15) is 0 Å². The van der Waals surface area contributed by atoms with Crippen molar-refractivity contribution < 1.29 is 19.0 Å². The highest BCUT2D eigenvalue weighted by molar-refractivity contribution is 6.30. The summed E-state index contributed by atoms with van der Waals surface area (Å²) in [7, 11) is 4.57. The summed E-state index contributed by atoms with van der Waals surface area (Å²) in [5.41, 5.74) is 2.37. The molecule has 0 atom stereocenters. The third-order valence-electron chi connectivity index (χ3n) is 3.58. The summed E-state index contributed by atoms with van der Waals surface area (Å²) in [5.74, 6) is 1.21. The highest BCUT2D eigenvalue weighted by Gasteiger charge is 2.14. The number of carbonyl (C=O) groups is 1.